The molecule has 174 valence electrons. The fourth-order valence-electron chi connectivity index (χ4n) is 3.08. The third-order valence-corrected chi connectivity index (χ3v) is 5.69. The number of pyridine rings is 1. The molecule has 1 atom stereocenters. The van der Waals surface area contributed by atoms with Gasteiger partial charge in [-0.3, -0.25) is 19.9 Å². The summed E-state index contributed by atoms with van der Waals surface area (Å²) in [4.78, 5) is 24.4. The fourth-order valence-corrected chi connectivity index (χ4v) is 3.64. The number of benzene rings is 1. The second kappa shape index (κ2) is 10.6. The minimum absolute atomic E-state index is 0.156. The van der Waals surface area contributed by atoms with E-state index in [1.807, 2.05) is 19.1 Å². The average Bonchev–Trinajstić information content (AvgIpc) is 3.28. The van der Waals surface area contributed by atoms with Crippen LogP contribution in [-0.4, -0.2) is 41.4 Å². The average molecular weight is 479 g/mol. The van der Waals surface area contributed by atoms with Crippen molar-refractivity contribution in [2.24, 2.45) is 5.73 Å². The Kier molecular flexibility index (Phi) is 7.20. The van der Waals surface area contributed by atoms with Crippen molar-refractivity contribution < 1.29 is 14.1 Å². The first kappa shape index (κ1) is 23.0. The number of hydrogen-bond acceptors (Lipinski definition) is 9. The third kappa shape index (κ3) is 5.42. The van der Waals surface area contributed by atoms with Gasteiger partial charge < -0.3 is 20.3 Å². The molecule has 11 nitrogen and oxygen atoms in total. The Hall–Kier alpha value is -4.16. The molecule has 0 aliphatic heterocycles. The zero-order valence-corrected chi connectivity index (χ0v) is 19.0. The van der Waals surface area contributed by atoms with Gasteiger partial charge in [-0.1, -0.05) is 6.07 Å². The summed E-state index contributed by atoms with van der Waals surface area (Å²) in [6.45, 7) is 2.08. The first-order valence-corrected chi connectivity index (χ1v) is 11.6. The quantitative estimate of drug-likeness (QED) is 0.251. The molecule has 34 heavy (non-hydrogen) atoms. The molecule has 0 radical (unpaired) electrons. The standard InChI is InChI=1S/C22H22N8O3S/c1-2-34(32)30-16-4-3-15(11-17(16)33-13-14-5-7-24-8-6-14)20-19(21(23)31)22(29-28-20)27-18-12-25-9-10-26-18/h3-12,30H,2,13H2,1H3,(H2,23,31)(H2,26,27,28,29). The molecule has 1 unspecified atom stereocenters. The smallest absolute Gasteiger partial charge is 0.254 e. The maximum atomic E-state index is 12.3. The van der Waals surface area contributed by atoms with Crippen LogP contribution in [-0.2, 0) is 18.0 Å². The summed E-state index contributed by atoms with van der Waals surface area (Å²) in [5, 5.41) is 10.1. The molecule has 1 aromatic carbocycles. The number of nitrogens with two attached hydrogens (primary N) is 1. The summed E-state index contributed by atoms with van der Waals surface area (Å²) >= 11 is -1.28. The van der Waals surface area contributed by atoms with Crippen molar-refractivity contribution in [3.05, 3.63) is 72.4 Å². The summed E-state index contributed by atoms with van der Waals surface area (Å²) in [7, 11) is 0. The van der Waals surface area contributed by atoms with E-state index in [9.17, 15) is 9.35 Å². The maximum Gasteiger partial charge on any atom is 0.254 e. The van der Waals surface area contributed by atoms with Crippen molar-refractivity contribution >= 4 is 34.6 Å². The lowest BCUT2D eigenvalue weighted by Gasteiger charge is -2.16. The highest BCUT2D eigenvalue weighted by molar-refractivity contribution is 7.92. The van der Waals surface area contributed by atoms with E-state index in [1.54, 1.807) is 30.6 Å². The number of primary amides is 1. The van der Waals surface area contributed by atoms with E-state index < -0.39 is 17.3 Å². The van der Waals surface area contributed by atoms with E-state index in [-0.39, 0.29) is 18.0 Å². The topological polar surface area (TPSA) is 167 Å². The number of anilines is 3. The SMILES string of the molecule is CC[S+]([O-])Nc1ccc(-c2n[nH]c(Nc3cnccn3)c2C(N)=O)cc1OCc1ccncc1. The van der Waals surface area contributed by atoms with Gasteiger partial charge in [0.2, 0.25) is 0 Å². The van der Waals surface area contributed by atoms with Crippen molar-refractivity contribution in [1.29, 1.82) is 0 Å². The van der Waals surface area contributed by atoms with Crippen molar-refractivity contribution in [3.63, 3.8) is 0 Å². The highest BCUT2D eigenvalue weighted by Gasteiger charge is 2.22. The Balaban J connectivity index is 1.68. The molecule has 5 N–H and O–H groups in total. The molecule has 3 aromatic heterocycles. The van der Waals surface area contributed by atoms with Crippen LogP contribution in [0.2, 0.25) is 0 Å². The lowest BCUT2D eigenvalue weighted by molar-refractivity contribution is 0.100. The van der Waals surface area contributed by atoms with Gasteiger partial charge in [-0.25, -0.2) is 9.71 Å². The van der Waals surface area contributed by atoms with E-state index in [0.29, 0.717) is 34.3 Å². The first-order valence-electron chi connectivity index (χ1n) is 10.3. The Morgan fingerprint density at radius 2 is 2.00 bits per heavy atom. The van der Waals surface area contributed by atoms with Crippen LogP contribution >= 0.6 is 0 Å². The number of aromatic amines is 1. The molecule has 0 fully saturated rings. The van der Waals surface area contributed by atoms with Crippen LogP contribution in [0.1, 0.15) is 22.8 Å². The number of nitrogens with zero attached hydrogens (tertiary/aromatic N) is 4. The summed E-state index contributed by atoms with van der Waals surface area (Å²) in [5.41, 5.74) is 8.20. The second-order valence-electron chi connectivity index (χ2n) is 6.99. The van der Waals surface area contributed by atoms with Crippen molar-refractivity contribution in [2.75, 3.05) is 15.8 Å². The van der Waals surface area contributed by atoms with Gasteiger partial charge in [0.05, 0.1) is 17.6 Å². The molecule has 0 saturated heterocycles. The minimum Gasteiger partial charge on any atom is -0.593 e. The van der Waals surface area contributed by atoms with Crippen molar-refractivity contribution in [2.45, 2.75) is 13.5 Å². The molecule has 1 amide bonds. The lowest BCUT2D eigenvalue weighted by atomic mass is 10.1. The molecule has 0 spiro atoms. The largest absolute Gasteiger partial charge is 0.593 e. The van der Waals surface area contributed by atoms with Crippen molar-refractivity contribution in [1.82, 2.24) is 25.1 Å². The van der Waals surface area contributed by atoms with Gasteiger partial charge >= 0.3 is 0 Å². The summed E-state index contributed by atoms with van der Waals surface area (Å²) in [5.74, 6) is 0.898. The predicted octanol–water partition coefficient (Wildman–Crippen LogP) is 2.78. The van der Waals surface area contributed by atoms with Crippen molar-refractivity contribution in [3.8, 4) is 17.0 Å². The number of nitrogens with one attached hydrogen (secondary N) is 3. The first-order chi connectivity index (χ1) is 16.5. The minimum atomic E-state index is -1.28. The highest BCUT2D eigenvalue weighted by atomic mass is 32.2. The van der Waals surface area contributed by atoms with E-state index in [4.69, 9.17) is 10.5 Å². The van der Waals surface area contributed by atoms with E-state index in [0.717, 1.165) is 5.56 Å². The van der Waals surface area contributed by atoms with Gasteiger partial charge in [0, 0.05) is 30.4 Å². The molecule has 4 rings (SSSR count). The normalized spacial score (nSPS) is 11.6. The molecule has 3 heterocycles. The molecular weight excluding hydrogens is 456 g/mol. The Bertz CT molecular complexity index is 1250. The van der Waals surface area contributed by atoms with Gasteiger partial charge in [-0.05, 0) is 36.8 Å². The van der Waals surface area contributed by atoms with Crippen LogP contribution < -0.4 is 20.5 Å². The van der Waals surface area contributed by atoms with Gasteiger partial charge in [-0.15, -0.1) is 0 Å². The van der Waals surface area contributed by atoms with Crippen LogP contribution in [0.25, 0.3) is 11.3 Å². The van der Waals surface area contributed by atoms with Crippen LogP contribution in [0, 0.1) is 0 Å². The fraction of sp³-hybridized carbons (Fsp3) is 0.136. The molecule has 0 aliphatic rings. The number of hydrogen-bond donors (Lipinski definition) is 4. The summed E-state index contributed by atoms with van der Waals surface area (Å²) in [6, 6.07) is 8.85. The Labute approximate surface area is 198 Å². The van der Waals surface area contributed by atoms with E-state index >= 15 is 0 Å². The number of ether oxygens (including phenoxy) is 1. The van der Waals surface area contributed by atoms with E-state index in [1.165, 1.54) is 18.6 Å². The molecule has 4 aromatic rings. The Morgan fingerprint density at radius 3 is 2.71 bits per heavy atom. The van der Waals surface area contributed by atoms with Gasteiger partial charge in [-0.2, -0.15) is 5.10 Å². The number of carbonyl (C=O) groups is 1. The van der Waals surface area contributed by atoms with Crippen LogP contribution in [0.4, 0.5) is 17.3 Å². The summed E-state index contributed by atoms with van der Waals surface area (Å²) in [6.07, 6.45) is 7.91. The lowest BCUT2D eigenvalue weighted by Crippen LogP contribution is -2.15. The number of carbonyl (C=O) groups excluding carboxylic acids is 1. The molecule has 0 bridgehead atoms. The van der Waals surface area contributed by atoms with E-state index in [2.05, 4.69) is 35.2 Å². The number of aromatic nitrogens is 5. The van der Waals surface area contributed by atoms with Crippen LogP contribution in [0.15, 0.2) is 61.3 Å². The number of H-pyrrole nitrogens is 1. The second-order valence-corrected chi connectivity index (χ2v) is 8.47. The predicted molar refractivity (Wildman–Crippen MR) is 129 cm³/mol. The maximum absolute atomic E-state index is 12.3. The van der Waals surface area contributed by atoms with Crippen LogP contribution in [0.3, 0.4) is 0 Å². The Morgan fingerprint density at radius 1 is 1.18 bits per heavy atom. The van der Waals surface area contributed by atoms with Gasteiger partial charge in [0.15, 0.2) is 0 Å². The van der Waals surface area contributed by atoms with Gasteiger partial charge in [0.25, 0.3) is 5.91 Å². The zero-order valence-electron chi connectivity index (χ0n) is 18.2. The summed E-state index contributed by atoms with van der Waals surface area (Å²) < 4.78 is 21.1. The molecule has 0 aliphatic carbocycles. The van der Waals surface area contributed by atoms with Crippen LogP contribution in [0.5, 0.6) is 5.75 Å². The number of amides is 1. The molecular formula is C22H22N8O3S. The monoisotopic (exact) mass is 478 g/mol. The molecule has 12 heteroatoms. The van der Waals surface area contributed by atoms with Gasteiger partial charge in [0.1, 0.15) is 46.7 Å². The highest BCUT2D eigenvalue weighted by Crippen LogP contribution is 2.35. The molecule has 0 saturated carbocycles. The zero-order chi connectivity index (χ0) is 23.9. The third-order valence-electron chi connectivity index (χ3n) is 4.71. The number of rotatable bonds is 10.